The Morgan fingerprint density at radius 3 is 2.50 bits per heavy atom. The van der Waals surface area contributed by atoms with Gasteiger partial charge >= 0.3 is 0 Å². The fourth-order valence-electron chi connectivity index (χ4n) is 1.29. The summed E-state index contributed by atoms with van der Waals surface area (Å²) in [6.45, 7) is 1.87. The molecule has 1 amide bonds. The number of halogens is 1. The number of benzene rings is 1. The van der Waals surface area contributed by atoms with E-state index >= 15 is 0 Å². The molecule has 1 rings (SSSR count). The number of amides is 1. The summed E-state index contributed by atoms with van der Waals surface area (Å²) in [4.78, 5) is 11.7. The second-order valence-electron chi connectivity index (χ2n) is 3.59. The van der Waals surface area contributed by atoms with E-state index in [1.807, 2.05) is 19.1 Å². The first-order valence-corrected chi connectivity index (χ1v) is 5.81. The fraction of sp³-hybridized carbons (Fsp3) is 0.417. The molecule has 88 valence electrons. The molecule has 2 N–H and O–H groups in total. The summed E-state index contributed by atoms with van der Waals surface area (Å²) in [5.74, 6) is 0.276. The molecule has 0 bridgehead atoms. The van der Waals surface area contributed by atoms with Crippen molar-refractivity contribution in [1.29, 1.82) is 0 Å². The summed E-state index contributed by atoms with van der Waals surface area (Å²) in [6.07, 6.45) is 0.710. The Morgan fingerprint density at radius 2 is 2.06 bits per heavy atom. The van der Waals surface area contributed by atoms with Crippen molar-refractivity contribution < 1.29 is 9.90 Å². The Bertz CT molecular complexity index is 333. The minimum absolute atomic E-state index is 0.0397. The highest BCUT2D eigenvalue weighted by Gasteiger charge is 2.10. The van der Waals surface area contributed by atoms with Crippen LogP contribution in [-0.4, -0.2) is 23.7 Å². The molecule has 0 heterocycles. The Kier molecular flexibility index (Phi) is 5.29. The van der Waals surface area contributed by atoms with Crippen LogP contribution in [0.5, 0.6) is 0 Å². The molecule has 1 aromatic rings. The van der Waals surface area contributed by atoms with Crippen LogP contribution < -0.4 is 5.32 Å². The zero-order valence-electron chi connectivity index (χ0n) is 9.24. The van der Waals surface area contributed by atoms with Crippen LogP contribution in [0.1, 0.15) is 29.3 Å². The topological polar surface area (TPSA) is 49.3 Å². The van der Waals surface area contributed by atoms with Crippen molar-refractivity contribution in [1.82, 2.24) is 5.32 Å². The largest absolute Gasteiger partial charge is 0.394 e. The molecule has 0 aromatic heterocycles. The van der Waals surface area contributed by atoms with E-state index in [2.05, 4.69) is 5.32 Å². The number of hydrogen-bond acceptors (Lipinski definition) is 2. The molecule has 1 aromatic carbocycles. The molecule has 0 unspecified atom stereocenters. The molecule has 0 aliphatic heterocycles. The average Bonchev–Trinajstić information content (AvgIpc) is 2.35. The van der Waals surface area contributed by atoms with E-state index in [-0.39, 0.29) is 18.6 Å². The van der Waals surface area contributed by atoms with Gasteiger partial charge in [0.2, 0.25) is 0 Å². The van der Waals surface area contributed by atoms with E-state index in [0.29, 0.717) is 17.9 Å². The Labute approximate surface area is 100 Å². The third-order valence-corrected chi connectivity index (χ3v) is 2.73. The molecule has 16 heavy (non-hydrogen) atoms. The van der Waals surface area contributed by atoms with Crippen molar-refractivity contribution in [2.45, 2.75) is 25.3 Å². The molecule has 3 nitrogen and oxygen atoms in total. The van der Waals surface area contributed by atoms with Gasteiger partial charge in [-0.3, -0.25) is 4.79 Å². The molecular weight excluding hydrogens is 226 g/mol. The van der Waals surface area contributed by atoms with Crippen molar-refractivity contribution in [2.24, 2.45) is 0 Å². The van der Waals surface area contributed by atoms with Crippen molar-refractivity contribution in [3.63, 3.8) is 0 Å². The molecule has 4 heteroatoms. The molecule has 0 saturated heterocycles. The number of alkyl halides is 1. The predicted molar refractivity (Wildman–Crippen MR) is 64.6 cm³/mol. The summed E-state index contributed by atoms with van der Waals surface area (Å²) in [6, 6.07) is 6.93. The number of carbonyl (C=O) groups excluding carboxylic acids is 1. The maximum atomic E-state index is 11.7. The molecule has 0 spiro atoms. The number of aliphatic hydroxyl groups is 1. The molecule has 0 fully saturated rings. The van der Waals surface area contributed by atoms with Gasteiger partial charge in [-0.2, -0.15) is 0 Å². The van der Waals surface area contributed by atoms with Crippen LogP contribution in [0.3, 0.4) is 0 Å². The summed E-state index contributed by atoms with van der Waals surface area (Å²) < 4.78 is 0. The Hall–Kier alpha value is -1.06. The highest BCUT2D eigenvalue weighted by molar-refractivity contribution is 6.17. The Morgan fingerprint density at radius 1 is 1.44 bits per heavy atom. The SMILES string of the molecule is CC[C@@H](CO)NC(=O)c1ccc(CCl)cc1. The average molecular weight is 242 g/mol. The van der Waals surface area contributed by atoms with Crippen LogP contribution in [0.25, 0.3) is 0 Å². The zero-order chi connectivity index (χ0) is 12.0. The fourth-order valence-corrected chi connectivity index (χ4v) is 1.47. The van der Waals surface area contributed by atoms with E-state index in [1.54, 1.807) is 12.1 Å². The van der Waals surface area contributed by atoms with Crippen molar-refractivity contribution in [2.75, 3.05) is 6.61 Å². The van der Waals surface area contributed by atoms with Gasteiger partial charge < -0.3 is 10.4 Å². The normalized spacial score (nSPS) is 12.2. The van der Waals surface area contributed by atoms with E-state index < -0.39 is 0 Å². The van der Waals surface area contributed by atoms with Crippen molar-refractivity contribution in [3.8, 4) is 0 Å². The first kappa shape index (κ1) is 13.0. The lowest BCUT2D eigenvalue weighted by atomic mass is 10.1. The van der Waals surface area contributed by atoms with Crippen LogP contribution in [-0.2, 0) is 5.88 Å². The summed E-state index contributed by atoms with van der Waals surface area (Å²) in [5, 5.41) is 11.7. The van der Waals surface area contributed by atoms with Crippen LogP contribution in [0.4, 0.5) is 0 Å². The van der Waals surface area contributed by atoms with Gasteiger partial charge in [0.15, 0.2) is 0 Å². The minimum atomic E-state index is -0.180. The van der Waals surface area contributed by atoms with Crippen molar-refractivity contribution in [3.05, 3.63) is 35.4 Å². The van der Waals surface area contributed by atoms with Crippen LogP contribution in [0.2, 0.25) is 0 Å². The van der Waals surface area contributed by atoms with Crippen LogP contribution in [0, 0.1) is 0 Å². The van der Waals surface area contributed by atoms with E-state index in [1.165, 1.54) is 0 Å². The molecule has 0 aliphatic rings. The van der Waals surface area contributed by atoms with Gasteiger partial charge in [-0.25, -0.2) is 0 Å². The predicted octanol–water partition coefficient (Wildman–Crippen LogP) is 1.93. The maximum Gasteiger partial charge on any atom is 0.251 e. The molecule has 0 aliphatic carbocycles. The quantitative estimate of drug-likeness (QED) is 0.774. The third kappa shape index (κ3) is 3.51. The first-order chi connectivity index (χ1) is 7.71. The van der Waals surface area contributed by atoms with E-state index in [0.717, 1.165) is 5.56 Å². The van der Waals surface area contributed by atoms with Gasteiger partial charge in [0.1, 0.15) is 0 Å². The minimum Gasteiger partial charge on any atom is -0.394 e. The van der Waals surface area contributed by atoms with Crippen LogP contribution >= 0.6 is 11.6 Å². The number of aliphatic hydroxyl groups excluding tert-OH is 1. The van der Waals surface area contributed by atoms with Gasteiger partial charge in [0.05, 0.1) is 12.6 Å². The summed E-state index contributed by atoms with van der Waals surface area (Å²) in [7, 11) is 0. The first-order valence-electron chi connectivity index (χ1n) is 5.27. The molecule has 1 atom stereocenters. The van der Waals surface area contributed by atoms with Gasteiger partial charge in [-0.05, 0) is 24.1 Å². The third-order valence-electron chi connectivity index (χ3n) is 2.42. The highest BCUT2D eigenvalue weighted by Crippen LogP contribution is 2.07. The second kappa shape index (κ2) is 6.51. The van der Waals surface area contributed by atoms with E-state index in [9.17, 15) is 4.79 Å². The second-order valence-corrected chi connectivity index (χ2v) is 3.86. The van der Waals surface area contributed by atoms with Gasteiger partial charge in [-0.1, -0.05) is 19.1 Å². The van der Waals surface area contributed by atoms with Crippen molar-refractivity contribution >= 4 is 17.5 Å². The molecular formula is C12H16ClNO2. The van der Waals surface area contributed by atoms with Gasteiger partial charge in [0, 0.05) is 11.4 Å². The maximum absolute atomic E-state index is 11.7. The van der Waals surface area contributed by atoms with Crippen LogP contribution in [0.15, 0.2) is 24.3 Å². The highest BCUT2D eigenvalue weighted by atomic mass is 35.5. The lowest BCUT2D eigenvalue weighted by Gasteiger charge is -2.13. The zero-order valence-corrected chi connectivity index (χ0v) is 10.00. The lowest BCUT2D eigenvalue weighted by Crippen LogP contribution is -2.36. The van der Waals surface area contributed by atoms with Gasteiger partial charge in [0.25, 0.3) is 5.91 Å². The summed E-state index contributed by atoms with van der Waals surface area (Å²) in [5.41, 5.74) is 1.56. The molecule has 0 radical (unpaired) electrons. The molecule has 0 saturated carbocycles. The number of nitrogens with one attached hydrogen (secondary N) is 1. The van der Waals surface area contributed by atoms with Gasteiger partial charge in [-0.15, -0.1) is 11.6 Å². The standard InChI is InChI=1S/C12H16ClNO2/c1-2-11(8-15)14-12(16)10-5-3-9(7-13)4-6-10/h3-6,11,15H,2,7-8H2,1H3,(H,14,16)/t11-/m0/s1. The number of rotatable bonds is 5. The monoisotopic (exact) mass is 241 g/mol. The number of hydrogen-bond donors (Lipinski definition) is 2. The summed E-state index contributed by atoms with van der Waals surface area (Å²) >= 11 is 5.65. The van der Waals surface area contributed by atoms with E-state index in [4.69, 9.17) is 16.7 Å². The Balaban J connectivity index is 2.65. The lowest BCUT2D eigenvalue weighted by molar-refractivity contribution is 0.0915. The number of carbonyl (C=O) groups is 1. The smallest absolute Gasteiger partial charge is 0.251 e.